The minimum atomic E-state index is -0.427. The third-order valence-corrected chi connectivity index (χ3v) is 4.55. The predicted octanol–water partition coefficient (Wildman–Crippen LogP) is 2.07. The first-order chi connectivity index (χ1) is 10.1. The number of hydrogen-bond donors (Lipinski definition) is 1. The van der Waals surface area contributed by atoms with E-state index >= 15 is 0 Å². The maximum absolute atomic E-state index is 12.9. The van der Waals surface area contributed by atoms with Gasteiger partial charge in [0.15, 0.2) is 6.61 Å². The zero-order chi connectivity index (χ0) is 14.8. The normalized spacial score (nSPS) is 27.4. The first kappa shape index (κ1) is 14.6. The molecule has 3 aliphatic rings. The van der Waals surface area contributed by atoms with Gasteiger partial charge in [-0.15, -0.1) is 0 Å². The number of halogens is 2. The molecule has 1 aromatic rings. The van der Waals surface area contributed by atoms with E-state index in [1.807, 2.05) is 0 Å². The van der Waals surface area contributed by atoms with Gasteiger partial charge in [0, 0.05) is 12.6 Å². The van der Waals surface area contributed by atoms with Gasteiger partial charge in [0.2, 0.25) is 0 Å². The summed E-state index contributed by atoms with van der Waals surface area (Å²) in [7, 11) is 0. The lowest BCUT2D eigenvalue weighted by Gasteiger charge is -2.44. The third kappa shape index (κ3) is 3.47. The molecule has 4 nitrogen and oxygen atoms in total. The smallest absolute Gasteiger partial charge is 0.258 e. The van der Waals surface area contributed by atoms with E-state index in [0.717, 1.165) is 32.5 Å². The van der Waals surface area contributed by atoms with Crippen molar-refractivity contribution in [1.82, 2.24) is 10.2 Å². The van der Waals surface area contributed by atoms with Crippen molar-refractivity contribution in [2.24, 2.45) is 5.92 Å². The van der Waals surface area contributed by atoms with Gasteiger partial charge >= 0.3 is 0 Å². The van der Waals surface area contributed by atoms with Crippen molar-refractivity contribution in [3.05, 3.63) is 29.0 Å². The summed E-state index contributed by atoms with van der Waals surface area (Å²) in [6.07, 6.45) is 2.30. The Hall–Kier alpha value is -1.33. The molecule has 3 fully saturated rings. The number of hydrogen-bond acceptors (Lipinski definition) is 3. The Labute approximate surface area is 128 Å². The molecule has 1 atom stereocenters. The van der Waals surface area contributed by atoms with Gasteiger partial charge in [-0.05, 0) is 50.0 Å². The number of nitrogens with zero attached hydrogens (tertiary/aromatic N) is 1. The fourth-order valence-corrected chi connectivity index (χ4v) is 3.33. The van der Waals surface area contributed by atoms with Crippen molar-refractivity contribution in [3.8, 4) is 5.75 Å². The standard InChI is InChI=1S/C15H18ClFN2O2/c16-12-7-11(17)1-2-14(12)21-9-15(20)18-13-8-19-5-3-10(13)4-6-19/h1-2,7,10,13H,3-6,8-9H2,(H,18,20). The largest absolute Gasteiger partial charge is 0.482 e. The highest BCUT2D eigenvalue weighted by Crippen LogP contribution is 2.27. The van der Waals surface area contributed by atoms with Gasteiger partial charge in [0.25, 0.3) is 5.91 Å². The summed E-state index contributed by atoms with van der Waals surface area (Å²) in [4.78, 5) is 14.3. The van der Waals surface area contributed by atoms with E-state index in [1.54, 1.807) is 0 Å². The highest BCUT2D eigenvalue weighted by atomic mass is 35.5. The number of piperidine rings is 3. The molecular weight excluding hydrogens is 295 g/mol. The van der Waals surface area contributed by atoms with Gasteiger partial charge in [-0.2, -0.15) is 0 Å². The van der Waals surface area contributed by atoms with Gasteiger partial charge in [-0.1, -0.05) is 11.6 Å². The van der Waals surface area contributed by atoms with Crippen LogP contribution in [0.1, 0.15) is 12.8 Å². The molecule has 1 N–H and O–H groups in total. The van der Waals surface area contributed by atoms with E-state index in [1.165, 1.54) is 18.2 Å². The second-order valence-corrected chi connectivity index (χ2v) is 6.08. The van der Waals surface area contributed by atoms with Crippen molar-refractivity contribution in [1.29, 1.82) is 0 Å². The molecule has 3 heterocycles. The van der Waals surface area contributed by atoms with Crippen LogP contribution in [-0.4, -0.2) is 43.1 Å². The zero-order valence-electron chi connectivity index (χ0n) is 11.6. The Morgan fingerprint density at radius 1 is 1.43 bits per heavy atom. The van der Waals surface area contributed by atoms with E-state index in [0.29, 0.717) is 11.7 Å². The van der Waals surface area contributed by atoms with Crippen LogP contribution in [0.25, 0.3) is 0 Å². The molecule has 114 valence electrons. The Morgan fingerprint density at radius 3 is 2.81 bits per heavy atom. The maximum atomic E-state index is 12.9. The Balaban J connectivity index is 1.50. The molecule has 21 heavy (non-hydrogen) atoms. The Morgan fingerprint density at radius 2 is 2.19 bits per heavy atom. The van der Waals surface area contributed by atoms with Crippen LogP contribution in [0.15, 0.2) is 18.2 Å². The average Bonchev–Trinajstić information content (AvgIpc) is 2.47. The number of ether oxygens (including phenoxy) is 1. The van der Waals surface area contributed by atoms with Crippen LogP contribution in [-0.2, 0) is 4.79 Å². The van der Waals surface area contributed by atoms with Crippen LogP contribution in [0, 0.1) is 11.7 Å². The van der Waals surface area contributed by atoms with Crippen molar-refractivity contribution in [3.63, 3.8) is 0 Å². The molecule has 1 unspecified atom stereocenters. The second kappa shape index (κ2) is 6.20. The summed E-state index contributed by atoms with van der Waals surface area (Å²) in [6.45, 7) is 3.10. The molecule has 0 radical (unpaired) electrons. The number of carbonyl (C=O) groups excluding carboxylic acids is 1. The Kier molecular flexibility index (Phi) is 4.31. The number of benzene rings is 1. The monoisotopic (exact) mass is 312 g/mol. The lowest BCUT2D eigenvalue weighted by atomic mass is 9.84. The minimum Gasteiger partial charge on any atom is -0.482 e. The van der Waals surface area contributed by atoms with Gasteiger partial charge in [0.1, 0.15) is 11.6 Å². The molecule has 3 saturated heterocycles. The van der Waals surface area contributed by atoms with Gasteiger partial charge < -0.3 is 15.0 Å². The number of carbonyl (C=O) groups is 1. The second-order valence-electron chi connectivity index (χ2n) is 5.68. The van der Waals surface area contributed by atoms with Gasteiger partial charge in [-0.3, -0.25) is 4.79 Å². The van der Waals surface area contributed by atoms with Crippen LogP contribution >= 0.6 is 11.6 Å². The molecule has 0 aromatic heterocycles. The highest BCUT2D eigenvalue weighted by molar-refractivity contribution is 6.32. The lowest BCUT2D eigenvalue weighted by Crippen LogP contribution is -2.57. The quantitative estimate of drug-likeness (QED) is 0.925. The van der Waals surface area contributed by atoms with E-state index in [4.69, 9.17) is 16.3 Å². The molecule has 0 saturated carbocycles. The van der Waals surface area contributed by atoms with Crippen molar-refractivity contribution < 1.29 is 13.9 Å². The highest BCUT2D eigenvalue weighted by Gasteiger charge is 2.34. The molecule has 2 bridgehead atoms. The van der Waals surface area contributed by atoms with Crippen LogP contribution < -0.4 is 10.1 Å². The summed E-state index contributed by atoms with van der Waals surface area (Å²) in [6, 6.07) is 4.07. The van der Waals surface area contributed by atoms with E-state index in [2.05, 4.69) is 10.2 Å². The number of rotatable bonds is 4. The van der Waals surface area contributed by atoms with Gasteiger partial charge in [0.05, 0.1) is 5.02 Å². The molecule has 6 heteroatoms. The van der Waals surface area contributed by atoms with Crippen molar-refractivity contribution >= 4 is 17.5 Å². The fraction of sp³-hybridized carbons (Fsp3) is 0.533. The first-order valence-electron chi connectivity index (χ1n) is 7.21. The van der Waals surface area contributed by atoms with Crippen LogP contribution in [0.3, 0.4) is 0 Å². The number of fused-ring (bicyclic) bond motifs is 3. The molecule has 4 rings (SSSR count). The summed E-state index contributed by atoms with van der Waals surface area (Å²) in [5, 5.41) is 3.20. The number of amides is 1. The summed E-state index contributed by atoms with van der Waals surface area (Å²) in [5.74, 6) is 0.314. The molecule has 1 amide bonds. The summed E-state index contributed by atoms with van der Waals surface area (Å²) in [5.41, 5.74) is 0. The van der Waals surface area contributed by atoms with E-state index in [-0.39, 0.29) is 23.6 Å². The van der Waals surface area contributed by atoms with E-state index < -0.39 is 5.82 Å². The first-order valence-corrected chi connectivity index (χ1v) is 7.59. The molecule has 1 aromatic carbocycles. The van der Waals surface area contributed by atoms with Crippen molar-refractivity contribution in [2.45, 2.75) is 18.9 Å². The topological polar surface area (TPSA) is 41.6 Å². The van der Waals surface area contributed by atoms with Crippen LogP contribution in [0.4, 0.5) is 4.39 Å². The van der Waals surface area contributed by atoms with Crippen LogP contribution in [0.5, 0.6) is 5.75 Å². The van der Waals surface area contributed by atoms with E-state index in [9.17, 15) is 9.18 Å². The predicted molar refractivity (Wildman–Crippen MR) is 78.0 cm³/mol. The zero-order valence-corrected chi connectivity index (χ0v) is 12.4. The number of nitrogens with one attached hydrogen (secondary N) is 1. The summed E-state index contributed by atoms with van der Waals surface area (Å²) >= 11 is 5.85. The summed E-state index contributed by atoms with van der Waals surface area (Å²) < 4.78 is 18.3. The van der Waals surface area contributed by atoms with Crippen LogP contribution in [0.2, 0.25) is 5.02 Å². The molecule has 0 aliphatic carbocycles. The lowest BCUT2D eigenvalue weighted by molar-refractivity contribution is -0.125. The SMILES string of the molecule is O=C(COc1ccc(F)cc1Cl)NC1CN2CCC1CC2. The van der Waals surface area contributed by atoms with Crippen molar-refractivity contribution in [2.75, 3.05) is 26.2 Å². The molecular formula is C15H18ClFN2O2. The Bertz CT molecular complexity index is 532. The molecule has 3 aliphatic heterocycles. The fourth-order valence-electron chi connectivity index (χ4n) is 3.11. The van der Waals surface area contributed by atoms with Gasteiger partial charge in [-0.25, -0.2) is 4.39 Å². The minimum absolute atomic E-state index is 0.103. The third-order valence-electron chi connectivity index (χ3n) is 4.26. The molecule has 0 spiro atoms. The average molecular weight is 313 g/mol. The maximum Gasteiger partial charge on any atom is 0.258 e.